The molecule has 1 aliphatic rings. The average Bonchev–Trinajstić information content (AvgIpc) is 2.79. The molecule has 0 aromatic heterocycles. The number of piperidine rings is 1. The zero-order valence-corrected chi connectivity index (χ0v) is 20.7. The zero-order valence-electron chi connectivity index (χ0n) is 19.1. The van der Waals surface area contributed by atoms with Crippen LogP contribution in [-0.4, -0.2) is 51.4 Å². The fraction of sp³-hybridized carbons (Fsp3) is 0.417. The van der Waals surface area contributed by atoms with Gasteiger partial charge in [-0.25, -0.2) is 8.42 Å². The van der Waals surface area contributed by atoms with E-state index in [-0.39, 0.29) is 29.2 Å². The first kappa shape index (κ1) is 25.1. The predicted molar refractivity (Wildman–Crippen MR) is 128 cm³/mol. The molecule has 9 heteroatoms. The summed E-state index contributed by atoms with van der Waals surface area (Å²) < 4.78 is 33.2. The normalized spacial score (nSPS) is 14.7. The summed E-state index contributed by atoms with van der Waals surface area (Å²) in [6.07, 6.45) is 0.983. The van der Waals surface area contributed by atoms with Gasteiger partial charge in [-0.2, -0.15) is 0 Å². The van der Waals surface area contributed by atoms with E-state index in [4.69, 9.17) is 16.3 Å². The molecule has 0 bridgehead atoms. The van der Waals surface area contributed by atoms with Gasteiger partial charge in [-0.1, -0.05) is 35.4 Å². The van der Waals surface area contributed by atoms with Crippen LogP contribution in [0.1, 0.15) is 30.9 Å². The van der Waals surface area contributed by atoms with Crippen LogP contribution in [0.15, 0.2) is 47.4 Å². The third kappa shape index (κ3) is 5.86. The van der Waals surface area contributed by atoms with Gasteiger partial charge < -0.3 is 9.64 Å². The van der Waals surface area contributed by atoms with Crippen LogP contribution in [0.25, 0.3) is 0 Å². The maximum Gasteiger partial charge on any atom is 0.309 e. The monoisotopic (exact) mass is 492 g/mol. The minimum Gasteiger partial charge on any atom is -0.466 e. The lowest BCUT2D eigenvalue weighted by molar-refractivity contribution is -0.151. The maximum absolute atomic E-state index is 13.5. The van der Waals surface area contributed by atoms with E-state index in [0.29, 0.717) is 43.2 Å². The molecule has 0 N–H and O–H groups in total. The lowest BCUT2D eigenvalue weighted by Gasteiger charge is -2.33. The molecule has 0 radical (unpaired) electrons. The van der Waals surface area contributed by atoms with E-state index in [0.717, 1.165) is 15.4 Å². The van der Waals surface area contributed by atoms with E-state index in [1.807, 2.05) is 13.8 Å². The van der Waals surface area contributed by atoms with Crippen molar-refractivity contribution in [3.63, 3.8) is 0 Å². The molecular formula is C24H29ClN2O5S. The summed E-state index contributed by atoms with van der Waals surface area (Å²) in [5.41, 5.74) is 2.06. The van der Waals surface area contributed by atoms with Crippen molar-refractivity contribution in [1.29, 1.82) is 0 Å². The highest BCUT2D eigenvalue weighted by Crippen LogP contribution is 2.29. The van der Waals surface area contributed by atoms with Crippen LogP contribution in [0.5, 0.6) is 0 Å². The minimum atomic E-state index is -4.01. The fourth-order valence-electron chi connectivity index (χ4n) is 3.74. The van der Waals surface area contributed by atoms with Crippen molar-refractivity contribution >= 4 is 39.2 Å². The Morgan fingerprint density at radius 2 is 1.73 bits per heavy atom. The number of hydrogen-bond acceptors (Lipinski definition) is 5. The van der Waals surface area contributed by atoms with E-state index in [1.54, 1.807) is 42.2 Å². The smallest absolute Gasteiger partial charge is 0.309 e. The lowest BCUT2D eigenvalue weighted by Crippen LogP contribution is -2.46. The Labute approximate surface area is 200 Å². The van der Waals surface area contributed by atoms with Crippen molar-refractivity contribution in [3.8, 4) is 0 Å². The summed E-state index contributed by atoms with van der Waals surface area (Å²) in [5, 5.41) is 0.416. The molecule has 178 valence electrons. The molecule has 0 saturated carbocycles. The quantitative estimate of drug-likeness (QED) is 0.546. The fourth-order valence-corrected chi connectivity index (χ4v) is 5.32. The molecule has 33 heavy (non-hydrogen) atoms. The molecule has 1 aliphatic heterocycles. The van der Waals surface area contributed by atoms with Crippen molar-refractivity contribution in [2.45, 2.75) is 38.5 Å². The summed E-state index contributed by atoms with van der Waals surface area (Å²) >= 11 is 6.27. The van der Waals surface area contributed by atoms with Gasteiger partial charge in [0.15, 0.2) is 0 Å². The number of benzene rings is 2. The first-order chi connectivity index (χ1) is 15.6. The molecule has 1 heterocycles. The lowest BCUT2D eigenvalue weighted by atomic mass is 9.97. The molecule has 1 amide bonds. The maximum atomic E-state index is 13.5. The first-order valence-electron chi connectivity index (χ1n) is 10.9. The second-order valence-electron chi connectivity index (χ2n) is 8.17. The van der Waals surface area contributed by atoms with Crippen LogP contribution in [0.2, 0.25) is 5.02 Å². The molecule has 7 nitrogen and oxygen atoms in total. The third-order valence-electron chi connectivity index (χ3n) is 5.80. The van der Waals surface area contributed by atoms with Crippen molar-refractivity contribution < 1.29 is 22.7 Å². The standard InChI is InChI=1S/C24H29ClN2O5S/c1-4-32-24(29)19-11-13-26(14-12-19)23(28)16-27(20-8-7-18(3)22(25)15-20)33(30,31)21-9-5-17(2)6-10-21/h5-10,15,19H,4,11-14,16H2,1-3H3. The Morgan fingerprint density at radius 1 is 1.09 bits per heavy atom. The number of halogens is 1. The zero-order chi connectivity index (χ0) is 24.2. The number of ether oxygens (including phenoxy) is 1. The van der Waals surface area contributed by atoms with Gasteiger partial charge >= 0.3 is 5.97 Å². The Kier molecular flexibility index (Phi) is 8.02. The molecule has 0 spiro atoms. The number of nitrogens with zero attached hydrogens (tertiary/aromatic N) is 2. The minimum absolute atomic E-state index is 0.0959. The van der Waals surface area contributed by atoms with Gasteiger partial charge in [-0.3, -0.25) is 13.9 Å². The molecule has 0 unspecified atom stereocenters. The van der Waals surface area contributed by atoms with Crippen LogP contribution in [0.4, 0.5) is 5.69 Å². The summed E-state index contributed by atoms with van der Waals surface area (Å²) in [6.45, 7) is 6.16. The number of anilines is 1. The second kappa shape index (κ2) is 10.6. The average molecular weight is 493 g/mol. The molecule has 1 saturated heterocycles. The summed E-state index contributed by atoms with van der Waals surface area (Å²) in [5.74, 6) is -0.815. The van der Waals surface area contributed by atoms with E-state index in [2.05, 4.69) is 0 Å². The number of sulfonamides is 1. The van der Waals surface area contributed by atoms with Crippen molar-refractivity contribution in [2.75, 3.05) is 30.5 Å². The summed E-state index contributed by atoms with van der Waals surface area (Å²) in [7, 11) is -4.01. The van der Waals surface area contributed by atoms with E-state index in [1.165, 1.54) is 12.1 Å². The van der Waals surface area contributed by atoms with Gasteiger partial charge in [0.1, 0.15) is 6.54 Å². The van der Waals surface area contributed by atoms with Crippen molar-refractivity contribution in [2.24, 2.45) is 5.92 Å². The van der Waals surface area contributed by atoms with E-state index < -0.39 is 10.0 Å². The number of amides is 1. The van der Waals surface area contributed by atoms with Crippen LogP contribution >= 0.6 is 11.6 Å². The van der Waals surface area contributed by atoms with Gasteiger partial charge in [0, 0.05) is 18.1 Å². The van der Waals surface area contributed by atoms with Crippen molar-refractivity contribution in [3.05, 3.63) is 58.6 Å². The summed E-state index contributed by atoms with van der Waals surface area (Å²) in [4.78, 5) is 26.8. The molecule has 0 aliphatic carbocycles. The molecule has 0 atom stereocenters. The molecular weight excluding hydrogens is 464 g/mol. The number of likely N-dealkylation sites (tertiary alicyclic amines) is 1. The Hall–Kier alpha value is -2.58. The van der Waals surface area contributed by atoms with Gasteiger partial charge in [0.2, 0.25) is 5.91 Å². The molecule has 3 rings (SSSR count). The predicted octanol–water partition coefficient (Wildman–Crippen LogP) is 3.95. The van der Waals surface area contributed by atoms with Gasteiger partial charge in [-0.15, -0.1) is 0 Å². The Morgan fingerprint density at radius 3 is 2.30 bits per heavy atom. The van der Waals surface area contributed by atoms with Gasteiger partial charge in [0.05, 0.1) is 23.1 Å². The highest BCUT2D eigenvalue weighted by Gasteiger charge is 2.32. The highest BCUT2D eigenvalue weighted by atomic mass is 35.5. The number of hydrogen-bond donors (Lipinski definition) is 0. The number of aryl methyl sites for hydroxylation is 2. The highest BCUT2D eigenvalue weighted by molar-refractivity contribution is 7.92. The number of rotatable bonds is 7. The van der Waals surface area contributed by atoms with Crippen LogP contribution < -0.4 is 4.31 Å². The molecule has 2 aromatic rings. The van der Waals surface area contributed by atoms with Crippen LogP contribution in [0.3, 0.4) is 0 Å². The second-order valence-corrected chi connectivity index (χ2v) is 10.4. The Balaban J connectivity index is 1.84. The first-order valence-corrected chi connectivity index (χ1v) is 12.7. The topological polar surface area (TPSA) is 84.0 Å². The molecule has 1 fully saturated rings. The van der Waals surface area contributed by atoms with Gasteiger partial charge in [-0.05, 0) is 63.4 Å². The summed E-state index contributed by atoms with van der Waals surface area (Å²) in [6, 6.07) is 11.4. The van der Waals surface area contributed by atoms with Crippen molar-refractivity contribution in [1.82, 2.24) is 4.90 Å². The molecule has 2 aromatic carbocycles. The van der Waals surface area contributed by atoms with E-state index in [9.17, 15) is 18.0 Å². The number of carbonyl (C=O) groups is 2. The Bertz CT molecular complexity index is 1110. The van der Waals surface area contributed by atoms with Crippen LogP contribution in [0, 0.1) is 19.8 Å². The SMILES string of the molecule is CCOC(=O)C1CCN(C(=O)CN(c2ccc(C)c(Cl)c2)S(=O)(=O)c2ccc(C)cc2)CC1. The van der Waals surface area contributed by atoms with Gasteiger partial charge in [0.25, 0.3) is 10.0 Å². The van der Waals surface area contributed by atoms with E-state index >= 15 is 0 Å². The third-order valence-corrected chi connectivity index (χ3v) is 7.99. The number of esters is 1. The number of carbonyl (C=O) groups excluding carboxylic acids is 2. The largest absolute Gasteiger partial charge is 0.466 e. The van der Waals surface area contributed by atoms with Crippen LogP contribution in [-0.2, 0) is 24.3 Å².